The van der Waals surface area contributed by atoms with E-state index in [1.54, 1.807) is 35.3 Å². The number of hydrogen-bond donors (Lipinski definition) is 1. The van der Waals surface area contributed by atoms with Crippen molar-refractivity contribution >= 4 is 33.6 Å². The van der Waals surface area contributed by atoms with Crippen LogP contribution in [-0.4, -0.2) is 20.8 Å². The molecule has 0 fully saturated rings. The molecule has 0 radical (unpaired) electrons. The van der Waals surface area contributed by atoms with Crippen molar-refractivity contribution in [2.75, 3.05) is 5.32 Å². The van der Waals surface area contributed by atoms with Crippen LogP contribution in [0, 0.1) is 19.7 Å². The Balaban J connectivity index is 1.62. The zero-order chi connectivity index (χ0) is 18.7. The summed E-state index contributed by atoms with van der Waals surface area (Å²) < 4.78 is 20.4. The van der Waals surface area contributed by atoms with E-state index in [0.29, 0.717) is 22.3 Å². The average molecular weight is 419 g/mol. The number of halogens is 2. The molecule has 6 nitrogen and oxygen atoms in total. The largest absolute Gasteiger partial charge is 0.361 e. The number of aryl methyl sites for hydroxylation is 2. The van der Waals surface area contributed by atoms with Gasteiger partial charge in [0.25, 0.3) is 0 Å². The number of hydrogen-bond acceptors (Lipinski definition) is 4. The lowest BCUT2D eigenvalue weighted by atomic mass is 10.2. The maximum absolute atomic E-state index is 13.2. The molecule has 8 heteroatoms. The van der Waals surface area contributed by atoms with Crippen LogP contribution < -0.4 is 5.32 Å². The van der Waals surface area contributed by atoms with Gasteiger partial charge in [-0.3, -0.25) is 9.48 Å². The van der Waals surface area contributed by atoms with Crippen molar-refractivity contribution in [2.24, 2.45) is 0 Å². The van der Waals surface area contributed by atoms with Gasteiger partial charge in [0.1, 0.15) is 11.6 Å². The van der Waals surface area contributed by atoms with Gasteiger partial charge in [-0.2, -0.15) is 5.10 Å². The highest BCUT2D eigenvalue weighted by Gasteiger charge is 2.10. The maximum Gasteiger partial charge on any atom is 0.248 e. The number of amides is 1. The van der Waals surface area contributed by atoms with Crippen LogP contribution in [0.15, 0.2) is 45.7 Å². The Morgan fingerprint density at radius 3 is 2.92 bits per heavy atom. The predicted octanol–water partition coefficient (Wildman–Crippen LogP) is 4.09. The van der Waals surface area contributed by atoms with Crippen LogP contribution in [0.4, 0.5) is 10.1 Å². The van der Waals surface area contributed by atoms with Crippen LogP contribution in [0.1, 0.15) is 22.6 Å². The van der Waals surface area contributed by atoms with Gasteiger partial charge in [-0.1, -0.05) is 11.2 Å². The van der Waals surface area contributed by atoms with Crippen LogP contribution in [0.5, 0.6) is 0 Å². The van der Waals surface area contributed by atoms with E-state index < -0.39 is 0 Å². The second-order valence-corrected chi connectivity index (χ2v) is 6.58. The van der Waals surface area contributed by atoms with Crippen molar-refractivity contribution in [1.29, 1.82) is 0 Å². The van der Waals surface area contributed by atoms with E-state index in [4.69, 9.17) is 4.52 Å². The topological polar surface area (TPSA) is 73.0 Å². The number of carbonyl (C=O) groups is 1. The lowest BCUT2D eigenvalue weighted by Gasteiger charge is -2.00. The summed E-state index contributed by atoms with van der Waals surface area (Å²) in [4.78, 5) is 12.0. The second kappa shape index (κ2) is 7.65. The first kappa shape index (κ1) is 18.1. The van der Waals surface area contributed by atoms with Crippen LogP contribution in [0.3, 0.4) is 0 Å². The van der Waals surface area contributed by atoms with E-state index in [9.17, 15) is 9.18 Å². The lowest BCUT2D eigenvalue weighted by molar-refractivity contribution is -0.111. The third-order valence-electron chi connectivity index (χ3n) is 3.77. The predicted molar refractivity (Wildman–Crippen MR) is 99.1 cm³/mol. The molecule has 1 aromatic carbocycles. The van der Waals surface area contributed by atoms with Crippen molar-refractivity contribution in [3.05, 3.63) is 69.5 Å². The van der Waals surface area contributed by atoms with Gasteiger partial charge in [0.2, 0.25) is 5.91 Å². The zero-order valence-corrected chi connectivity index (χ0v) is 15.7. The zero-order valence-electron chi connectivity index (χ0n) is 14.2. The van der Waals surface area contributed by atoms with Crippen LogP contribution in [0.2, 0.25) is 0 Å². The molecule has 0 aliphatic rings. The number of anilines is 1. The Hall–Kier alpha value is -2.74. The molecule has 0 atom stereocenters. The van der Waals surface area contributed by atoms with Crippen molar-refractivity contribution in [3.8, 4) is 0 Å². The number of carbonyl (C=O) groups excluding carboxylic acids is 1. The Morgan fingerprint density at radius 2 is 2.23 bits per heavy atom. The second-order valence-electron chi connectivity index (χ2n) is 5.73. The van der Waals surface area contributed by atoms with Crippen LogP contribution in [0.25, 0.3) is 6.08 Å². The van der Waals surface area contributed by atoms with Crippen LogP contribution in [-0.2, 0) is 11.3 Å². The van der Waals surface area contributed by atoms with Gasteiger partial charge < -0.3 is 9.84 Å². The molecule has 1 amide bonds. The number of benzene rings is 1. The fourth-order valence-corrected chi connectivity index (χ4v) is 2.77. The van der Waals surface area contributed by atoms with E-state index in [0.717, 1.165) is 17.0 Å². The van der Waals surface area contributed by atoms with E-state index in [1.165, 1.54) is 12.1 Å². The third-order valence-corrected chi connectivity index (χ3v) is 4.38. The smallest absolute Gasteiger partial charge is 0.248 e. The molecule has 3 rings (SSSR count). The highest BCUT2D eigenvalue weighted by atomic mass is 79.9. The molecule has 26 heavy (non-hydrogen) atoms. The van der Waals surface area contributed by atoms with Crippen molar-refractivity contribution < 1.29 is 13.7 Å². The van der Waals surface area contributed by atoms with Gasteiger partial charge in [0, 0.05) is 17.8 Å². The van der Waals surface area contributed by atoms with Crippen LogP contribution >= 0.6 is 15.9 Å². The van der Waals surface area contributed by atoms with Gasteiger partial charge in [-0.25, -0.2) is 4.39 Å². The van der Waals surface area contributed by atoms with Crippen molar-refractivity contribution in [3.63, 3.8) is 0 Å². The number of nitrogens with zero attached hydrogens (tertiary/aromatic N) is 3. The molecular weight excluding hydrogens is 403 g/mol. The molecule has 0 aliphatic carbocycles. The van der Waals surface area contributed by atoms with Crippen molar-refractivity contribution in [2.45, 2.75) is 20.4 Å². The maximum atomic E-state index is 13.2. The molecule has 0 saturated carbocycles. The molecule has 0 unspecified atom stereocenters. The molecule has 134 valence electrons. The standard InChI is InChI=1S/C18H16BrFN4O2/c1-11-15(12(2)26-23-11)10-24-9-14(8-21-24)22-18(25)6-4-13-3-5-17(20)16(19)7-13/h3-9H,10H2,1-2H3,(H,22,25). The van der Waals surface area contributed by atoms with Gasteiger partial charge in [-0.05, 0) is 53.5 Å². The highest BCUT2D eigenvalue weighted by Crippen LogP contribution is 2.18. The summed E-state index contributed by atoms with van der Waals surface area (Å²) in [6.45, 7) is 4.23. The number of nitrogens with one attached hydrogen (secondary N) is 1. The molecule has 0 bridgehead atoms. The summed E-state index contributed by atoms with van der Waals surface area (Å²) in [6, 6.07) is 4.52. The lowest BCUT2D eigenvalue weighted by Crippen LogP contribution is -2.07. The minimum atomic E-state index is -0.350. The fraction of sp³-hybridized carbons (Fsp3) is 0.167. The molecule has 1 N–H and O–H groups in total. The van der Waals surface area contributed by atoms with Gasteiger partial charge >= 0.3 is 0 Å². The Kier molecular flexibility index (Phi) is 5.32. The normalized spacial score (nSPS) is 11.2. The third kappa shape index (κ3) is 4.26. The molecule has 0 aliphatic heterocycles. The van der Waals surface area contributed by atoms with Crippen molar-refractivity contribution in [1.82, 2.24) is 14.9 Å². The summed E-state index contributed by atoms with van der Waals surface area (Å²) in [5.41, 5.74) is 3.07. The van der Waals surface area contributed by atoms with E-state index in [2.05, 4.69) is 31.5 Å². The molecule has 3 aromatic rings. The Bertz CT molecular complexity index is 958. The summed E-state index contributed by atoms with van der Waals surface area (Å²) in [5, 5.41) is 10.9. The SMILES string of the molecule is Cc1noc(C)c1Cn1cc(NC(=O)C=Cc2ccc(F)c(Br)c2)cn1. The first-order valence-corrected chi connectivity index (χ1v) is 8.60. The quantitative estimate of drug-likeness (QED) is 0.633. The van der Waals surface area contributed by atoms with Gasteiger partial charge in [0.05, 0.1) is 28.6 Å². The van der Waals surface area contributed by atoms with Gasteiger partial charge in [-0.15, -0.1) is 0 Å². The molecule has 2 aromatic heterocycles. The van der Waals surface area contributed by atoms with E-state index in [-0.39, 0.29) is 11.7 Å². The molecule has 2 heterocycles. The summed E-state index contributed by atoms with van der Waals surface area (Å²) in [7, 11) is 0. The number of rotatable bonds is 5. The minimum absolute atomic E-state index is 0.303. The molecule has 0 saturated heterocycles. The van der Waals surface area contributed by atoms with E-state index >= 15 is 0 Å². The minimum Gasteiger partial charge on any atom is -0.361 e. The summed E-state index contributed by atoms with van der Waals surface area (Å²) >= 11 is 3.11. The number of aromatic nitrogens is 3. The first-order valence-electron chi connectivity index (χ1n) is 7.80. The monoisotopic (exact) mass is 418 g/mol. The molecular formula is C18H16BrFN4O2. The summed E-state index contributed by atoms with van der Waals surface area (Å²) in [6.07, 6.45) is 6.28. The van der Waals surface area contributed by atoms with Gasteiger partial charge in [0.15, 0.2) is 0 Å². The summed E-state index contributed by atoms with van der Waals surface area (Å²) in [5.74, 6) is 0.0941. The molecule has 0 spiro atoms. The highest BCUT2D eigenvalue weighted by molar-refractivity contribution is 9.10. The average Bonchev–Trinajstić information content (AvgIpc) is 3.17. The van der Waals surface area contributed by atoms with E-state index in [1.807, 2.05) is 13.8 Å². The fourth-order valence-electron chi connectivity index (χ4n) is 2.38. The Morgan fingerprint density at radius 1 is 1.42 bits per heavy atom. The Labute approximate surface area is 157 Å². The first-order chi connectivity index (χ1) is 12.4.